The van der Waals surface area contributed by atoms with Crippen molar-refractivity contribution in [3.8, 4) is 0 Å². The summed E-state index contributed by atoms with van der Waals surface area (Å²) in [5.74, 6) is 0.111. The minimum absolute atomic E-state index is 0.111. The molecular formula is C11H22N2O3. The molecule has 1 aliphatic heterocycles. The van der Waals surface area contributed by atoms with Crippen LogP contribution in [-0.2, 0) is 4.74 Å². The van der Waals surface area contributed by atoms with Gasteiger partial charge in [0.2, 0.25) is 0 Å². The van der Waals surface area contributed by atoms with Gasteiger partial charge in [0.15, 0.2) is 0 Å². The molecule has 1 fully saturated rings. The van der Waals surface area contributed by atoms with Crippen molar-refractivity contribution in [1.29, 1.82) is 0 Å². The van der Waals surface area contributed by atoms with E-state index in [1.165, 1.54) is 0 Å². The Bertz CT molecular complexity index is 223. The zero-order chi connectivity index (χ0) is 12.0. The van der Waals surface area contributed by atoms with Crippen LogP contribution in [0.2, 0.25) is 0 Å². The van der Waals surface area contributed by atoms with E-state index in [1.807, 2.05) is 6.92 Å². The van der Waals surface area contributed by atoms with Crippen LogP contribution >= 0.6 is 0 Å². The van der Waals surface area contributed by atoms with Crippen molar-refractivity contribution in [3.63, 3.8) is 0 Å². The van der Waals surface area contributed by atoms with Crippen molar-refractivity contribution in [2.24, 2.45) is 11.7 Å². The van der Waals surface area contributed by atoms with Crippen molar-refractivity contribution in [2.75, 3.05) is 26.2 Å². The number of piperidine rings is 1. The summed E-state index contributed by atoms with van der Waals surface area (Å²) >= 11 is 0. The van der Waals surface area contributed by atoms with Gasteiger partial charge in [-0.25, -0.2) is 4.79 Å². The third-order valence-corrected chi connectivity index (χ3v) is 3.01. The number of β-amino-alcohol motifs (C(OH)–C–C–N with tert-alkyl or cyclic N) is 1. The second-order valence-electron chi connectivity index (χ2n) is 4.27. The molecule has 0 aromatic heterocycles. The lowest BCUT2D eigenvalue weighted by Crippen LogP contribution is -2.48. The lowest BCUT2D eigenvalue weighted by molar-refractivity contribution is 0.0180. The molecule has 94 valence electrons. The van der Waals surface area contributed by atoms with E-state index in [2.05, 4.69) is 0 Å². The first kappa shape index (κ1) is 13.3. The smallest absolute Gasteiger partial charge is 0.409 e. The fraction of sp³-hybridized carbons (Fsp3) is 0.909. The Morgan fingerprint density at radius 2 is 2.38 bits per heavy atom. The highest BCUT2D eigenvalue weighted by Crippen LogP contribution is 2.17. The predicted molar refractivity (Wildman–Crippen MR) is 61.0 cm³/mol. The molecule has 1 aliphatic rings. The molecule has 5 nitrogen and oxygen atoms in total. The molecule has 16 heavy (non-hydrogen) atoms. The van der Waals surface area contributed by atoms with Gasteiger partial charge in [-0.1, -0.05) is 13.3 Å². The summed E-state index contributed by atoms with van der Waals surface area (Å²) in [6, 6.07) is 0. The number of nitrogens with zero attached hydrogens (tertiary/aromatic N) is 1. The van der Waals surface area contributed by atoms with E-state index in [0.29, 0.717) is 26.2 Å². The molecule has 0 unspecified atom stereocenters. The molecule has 1 saturated heterocycles. The highest BCUT2D eigenvalue weighted by Gasteiger charge is 2.29. The second-order valence-corrected chi connectivity index (χ2v) is 4.27. The van der Waals surface area contributed by atoms with Gasteiger partial charge in [-0.2, -0.15) is 0 Å². The number of rotatable bonds is 4. The third kappa shape index (κ3) is 3.64. The van der Waals surface area contributed by atoms with E-state index in [9.17, 15) is 9.90 Å². The number of amides is 1. The van der Waals surface area contributed by atoms with Gasteiger partial charge in [-0.15, -0.1) is 0 Å². The Labute approximate surface area is 96.6 Å². The van der Waals surface area contributed by atoms with Crippen LogP contribution in [0.5, 0.6) is 0 Å². The Kier molecular flexibility index (Phi) is 5.55. The van der Waals surface area contributed by atoms with Gasteiger partial charge in [0, 0.05) is 12.5 Å². The summed E-state index contributed by atoms with van der Waals surface area (Å²) < 4.78 is 5.08. The van der Waals surface area contributed by atoms with Crippen LogP contribution in [0.4, 0.5) is 4.79 Å². The third-order valence-electron chi connectivity index (χ3n) is 3.01. The second kappa shape index (κ2) is 6.70. The first-order valence-corrected chi connectivity index (χ1v) is 5.98. The predicted octanol–water partition coefficient (Wildman–Crippen LogP) is 0.565. The Morgan fingerprint density at radius 3 is 2.94 bits per heavy atom. The van der Waals surface area contributed by atoms with E-state index in [0.717, 1.165) is 19.3 Å². The van der Waals surface area contributed by atoms with Gasteiger partial charge in [0.25, 0.3) is 0 Å². The van der Waals surface area contributed by atoms with Crippen LogP contribution in [0, 0.1) is 5.92 Å². The molecule has 1 amide bonds. The highest BCUT2D eigenvalue weighted by molar-refractivity contribution is 5.67. The van der Waals surface area contributed by atoms with Crippen molar-refractivity contribution in [1.82, 2.24) is 4.90 Å². The summed E-state index contributed by atoms with van der Waals surface area (Å²) in [5, 5.41) is 9.73. The average molecular weight is 230 g/mol. The normalized spacial score (nSPS) is 25.6. The molecule has 0 aromatic rings. The van der Waals surface area contributed by atoms with Gasteiger partial charge < -0.3 is 20.5 Å². The van der Waals surface area contributed by atoms with Crippen molar-refractivity contribution in [2.45, 2.75) is 32.3 Å². The molecule has 1 rings (SSSR count). The van der Waals surface area contributed by atoms with Crippen molar-refractivity contribution < 1.29 is 14.6 Å². The molecular weight excluding hydrogens is 208 g/mol. The zero-order valence-electron chi connectivity index (χ0n) is 9.89. The van der Waals surface area contributed by atoms with Crippen LogP contribution in [-0.4, -0.2) is 48.4 Å². The molecule has 3 N–H and O–H groups in total. The lowest BCUT2D eigenvalue weighted by atomic mass is 9.94. The van der Waals surface area contributed by atoms with E-state index in [4.69, 9.17) is 10.5 Å². The summed E-state index contributed by atoms with van der Waals surface area (Å²) in [6.07, 6.45) is 1.81. The minimum atomic E-state index is -0.516. The van der Waals surface area contributed by atoms with Gasteiger partial charge in [0.05, 0.1) is 19.3 Å². The monoisotopic (exact) mass is 230 g/mol. The van der Waals surface area contributed by atoms with Crippen LogP contribution in [0.15, 0.2) is 0 Å². The van der Waals surface area contributed by atoms with E-state index in [-0.39, 0.29) is 12.0 Å². The fourth-order valence-corrected chi connectivity index (χ4v) is 1.82. The Morgan fingerprint density at radius 1 is 1.62 bits per heavy atom. The fourth-order valence-electron chi connectivity index (χ4n) is 1.82. The summed E-state index contributed by atoms with van der Waals surface area (Å²) in [6.45, 7) is 3.95. The summed E-state index contributed by atoms with van der Waals surface area (Å²) in [4.78, 5) is 13.1. The van der Waals surface area contributed by atoms with E-state index in [1.54, 1.807) is 4.90 Å². The first-order valence-electron chi connectivity index (χ1n) is 5.98. The van der Waals surface area contributed by atoms with Crippen LogP contribution in [0.3, 0.4) is 0 Å². The molecule has 0 saturated carbocycles. The van der Waals surface area contributed by atoms with Gasteiger partial charge in [0.1, 0.15) is 0 Å². The van der Waals surface area contributed by atoms with Crippen LogP contribution < -0.4 is 5.73 Å². The number of likely N-dealkylation sites (tertiary alicyclic amines) is 1. The number of carbonyl (C=O) groups is 1. The molecule has 0 aromatic carbocycles. The van der Waals surface area contributed by atoms with Crippen LogP contribution in [0.25, 0.3) is 0 Å². The van der Waals surface area contributed by atoms with Gasteiger partial charge in [-0.05, 0) is 19.4 Å². The summed E-state index contributed by atoms with van der Waals surface area (Å²) in [5.41, 5.74) is 5.52. The number of hydrogen-bond acceptors (Lipinski definition) is 4. The maximum Gasteiger partial charge on any atom is 0.409 e. The zero-order valence-corrected chi connectivity index (χ0v) is 9.89. The molecule has 0 radical (unpaired) electrons. The molecule has 0 bridgehead atoms. The maximum atomic E-state index is 11.6. The van der Waals surface area contributed by atoms with E-state index < -0.39 is 6.10 Å². The molecule has 0 aliphatic carbocycles. The average Bonchev–Trinajstić information content (AvgIpc) is 2.29. The number of hydrogen-bond donors (Lipinski definition) is 2. The van der Waals surface area contributed by atoms with Gasteiger partial charge >= 0.3 is 6.09 Å². The Balaban J connectivity index is 2.30. The number of nitrogens with two attached hydrogens (primary N) is 1. The van der Waals surface area contributed by atoms with Crippen LogP contribution in [0.1, 0.15) is 26.2 Å². The maximum absolute atomic E-state index is 11.6. The Hall–Kier alpha value is -0.810. The quantitative estimate of drug-likeness (QED) is 0.692. The number of aliphatic hydroxyl groups is 1. The number of carbonyl (C=O) groups excluding carboxylic acids is 1. The molecule has 1 heterocycles. The molecule has 0 spiro atoms. The number of aliphatic hydroxyl groups excluding tert-OH is 1. The van der Waals surface area contributed by atoms with E-state index >= 15 is 0 Å². The van der Waals surface area contributed by atoms with Crippen molar-refractivity contribution in [3.05, 3.63) is 0 Å². The van der Waals surface area contributed by atoms with Crippen molar-refractivity contribution >= 4 is 6.09 Å². The minimum Gasteiger partial charge on any atom is -0.449 e. The standard InChI is InChI=1S/C11H22N2O3/c1-2-3-6-16-11(15)13-5-4-9(7-12)10(14)8-13/h9-10,14H,2-8,12H2,1H3/t9-,10+/m0/s1. The number of unbranched alkanes of at least 4 members (excludes halogenated alkanes) is 1. The molecule has 5 heteroatoms. The lowest BCUT2D eigenvalue weighted by Gasteiger charge is -2.34. The summed E-state index contributed by atoms with van der Waals surface area (Å²) in [7, 11) is 0. The molecule has 2 atom stereocenters. The SMILES string of the molecule is CCCCOC(=O)N1CC[C@@H](CN)[C@H](O)C1. The largest absolute Gasteiger partial charge is 0.449 e. The topological polar surface area (TPSA) is 75.8 Å². The first-order chi connectivity index (χ1) is 7.69. The highest BCUT2D eigenvalue weighted by atomic mass is 16.6. The number of ether oxygens (including phenoxy) is 1. The van der Waals surface area contributed by atoms with Gasteiger partial charge in [-0.3, -0.25) is 0 Å².